The number of nitrogens with two attached hydrogens (primary N) is 1. The van der Waals surface area contributed by atoms with E-state index in [1.54, 1.807) is 0 Å². The van der Waals surface area contributed by atoms with Crippen LogP contribution in [0.5, 0.6) is 0 Å². The molecule has 1 aromatic rings. The van der Waals surface area contributed by atoms with Crippen LogP contribution in [0.25, 0.3) is 0 Å². The van der Waals surface area contributed by atoms with E-state index in [4.69, 9.17) is 5.73 Å². The molecule has 13 heavy (non-hydrogen) atoms. The number of hydrogen-bond acceptors (Lipinski definition) is 2. The summed E-state index contributed by atoms with van der Waals surface area (Å²) in [6.45, 7) is 2.12. The molecule has 2 N–H and O–H groups in total. The van der Waals surface area contributed by atoms with Gasteiger partial charge in [0.15, 0.2) is 0 Å². The molecule has 0 unspecified atom stereocenters. The fourth-order valence-electron chi connectivity index (χ4n) is 1.90. The Labute approximate surface area is 78.5 Å². The summed E-state index contributed by atoms with van der Waals surface area (Å²) in [5.74, 6) is 1.28. The van der Waals surface area contributed by atoms with Crippen LogP contribution in [0.3, 0.4) is 0 Å². The number of amidine groups is 1. The molecule has 0 radical (unpaired) electrons. The molecule has 0 amide bonds. The summed E-state index contributed by atoms with van der Waals surface area (Å²) in [7, 11) is 0. The van der Waals surface area contributed by atoms with Crippen molar-refractivity contribution in [3.05, 3.63) is 35.9 Å². The zero-order valence-corrected chi connectivity index (χ0v) is 7.77. The number of benzene rings is 1. The molecule has 1 heterocycles. The number of rotatable bonds is 1. The monoisotopic (exact) mass is 174 g/mol. The quantitative estimate of drug-likeness (QED) is 0.694. The molecular formula is C11H14N2. The van der Waals surface area contributed by atoms with Gasteiger partial charge in [-0.2, -0.15) is 0 Å². The lowest BCUT2D eigenvalue weighted by atomic mass is 9.92. The van der Waals surface area contributed by atoms with Gasteiger partial charge in [0.1, 0.15) is 0 Å². The highest BCUT2D eigenvalue weighted by atomic mass is 14.9. The number of aliphatic imine (C=N–C) groups is 1. The van der Waals surface area contributed by atoms with Gasteiger partial charge in [-0.1, -0.05) is 30.3 Å². The minimum atomic E-state index is 0.336. The van der Waals surface area contributed by atoms with Gasteiger partial charge in [-0.15, -0.1) is 0 Å². The second-order valence-corrected chi connectivity index (χ2v) is 3.58. The molecule has 0 fully saturated rings. The van der Waals surface area contributed by atoms with Crippen molar-refractivity contribution in [1.82, 2.24) is 0 Å². The topological polar surface area (TPSA) is 38.4 Å². The molecule has 68 valence electrons. The van der Waals surface area contributed by atoms with Crippen molar-refractivity contribution < 1.29 is 0 Å². The first-order valence-corrected chi connectivity index (χ1v) is 4.64. The van der Waals surface area contributed by atoms with Crippen LogP contribution in [0.1, 0.15) is 24.8 Å². The molecule has 0 spiro atoms. The molecule has 2 atom stereocenters. The Morgan fingerprint density at radius 1 is 1.31 bits per heavy atom. The molecule has 0 aromatic heterocycles. The maximum absolute atomic E-state index is 5.70. The molecule has 0 saturated carbocycles. The molecule has 1 aliphatic rings. The fourth-order valence-corrected chi connectivity index (χ4v) is 1.90. The second kappa shape index (κ2) is 3.21. The third-order valence-corrected chi connectivity index (χ3v) is 2.61. The molecule has 1 aromatic carbocycles. The molecule has 1 aliphatic heterocycles. The summed E-state index contributed by atoms with van der Waals surface area (Å²) in [5.41, 5.74) is 7.05. The van der Waals surface area contributed by atoms with Crippen LogP contribution in [0.4, 0.5) is 0 Å². The van der Waals surface area contributed by atoms with Gasteiger partial charge in [-0.05, 0) is 12.5 Å². The van der Waals surface area contributed by atoms with E-state index >= 15 is 0 Å². The predicted molar refractivity (Wildman–Crippen MR) is 54.9 cm³/mol. The van der Waals surface area contributed by atoms with Crippen LogP contribution in [-0.2, 0) is 0 Å². The van der Waals surface area contributed by atoms with Gasteiger partial charge in [0, 0.05) is 12.3 Å². The zero-order valence-electron chi connectivity index (χ0n) is 7.77. The second-order valence-electron chi connectivity index (χ2n) is 3.58. The van der Waals surface area contributed by atoms with Gasteiger partial charge in [-0.25, -0.2) is 0 Å². The Bertz CT molecular complexity index is 316. The molecule has 2 nitrogen and oxygen atoms in total. The summed E-state index contributed by atoms with van der Waals surface area (Å²) in [5, 5.41) is 0. The Balaban J connectivity index is 2.21. The van der Waals surface area contributed by atoms with E-state index in [9.17, 15) is 0 Å². The van der Waals surface area contributed by atoms with Crippen molar-refractivity contribution in [2.24, 2.45) is 10.7 Å². The lowest BCUT2D eigenvalue weighted by Crippen LogP contribution is -2.10. The normalized spacial score (nSPS) is 27.3. The van der Waals surface area contributed by atoms with Crippen LogP contribution in [0, 0.1) is 0 Å². The van der Waals surface area contributed by atoms with Gasteiger partial charge < -0.3 is 5.73 Å². The molecular weight excluding hydrogens is 160 g/mol. The van der Waals surface area contributed by atoms with Crippen molar-refractivity contribution in [2.45, 2.75) is 25.3 Å². The fraction of sp³-hybridized carbons (Fsp3) is 0.364. The first-order valence-electron chi connectivity index (χ1n) is 4.64. The van der Waals surface area contributed by atoms with Crippen LogP contribution in [0.15, 0.2) is 35.3 Å². The van der Waals surface area contributed by atoms with Crippen molar-refractivity contribution >= 4 is 5.84 Å². The Hall–Kier alpha value is -1.31. The van der Waals surface area contributed by atoms with Gasteiger partial charge >= 0.3 is 0 Å². The van der Waals surface area contributed by atoms with E-state index in [1.165, 1.54) is 5.56 Å². The van der Waals surface area contributed by atoms with E-state index in [-0.39, 0.29) is 0 Å². The van der Waals surface area contributed by atoms with Gasteiger partial charge in [0.2, 0.25) is 0 Å². The Morgan fingerprint density at radius 3 is 2.54 bits per heavy atom. The van der Waals surface area contributed by atoms with E-state index in [0.29, 0.717) is 12.0 Å². The molecule has 0 aliphatic carbocycles. The highest BCUT2D eigenvalue weighted by Gasteiger charge is 2.25. The van der Waals surface area contributed by atoms with Crippen molar-refractivity contribution in [3.8, 4) is 0 Å². The average molecular weight is 174 g/mol. The lowest BCUT2D eigenvalue weighted by Gasteiger charge is -2.13. The van der Waals surface area contributed by atoms with E-state index in [0.717, 1.165) is 12.3 Å². The van der Waals surface area contributed by atoms with E-state index in [1.807, 2.05) is 6.07 Å². The zero-order chi connectivity index (χ0) is 9.26. The van der Waals surface area contributed by atoms with Crippen molar-refractivity contribution in [1.29, 1.82) is 0 Å². The lowest BCUT2D eigenvalue weighted by molar-refractivity contribution is 0.628. The Morgan fingerprint density at radius 2 is 2.00 bits per heavy atom. The minimum Gasteiger partial charge on any atom is -0.387 e. The third-order valence-electron chi connectivity index (χ3n) is 2.61. The van der Waals surface area contributed by atoms with Gasteiger partial charge in [0.05, 0.1) is 11.9 Å². The maximum Gasteiger partial charge on any atom is 0.0947 e. The third kappa shape index (κ3) is 1.57. The molecule has 2 rings (SSSR count). The summed E-state index contributed by atoms with van der Waals surface area (Å²) < 4.78 is 0. The van der Waals surface area contributed by atoms with Gasteiger partial charge in [0.25, 0.3) is 0 Å². The van der Waals surface area contributed by atoms with Crippen LogP contribution < -0.4 is 5.73 Å². The number of nitrogens with zero attached hydrogens (tertiary/aromatic N) is 1. The largest absolute Gasteiger partial charge is 0.387 e. The summed E-state index contributed by atoms with van der Waals surface area (Å²) in [6, 6.07) is 10.8. The predicted octanol–water partition coefficient (Wildman–Crippen LogP) is 1.92. The highest BCUT2D eigenvalue weighted by Crippen LogP contribution is 2.29. The highest BCUT2D eigenvalue weighted by molar-refractivity contribution is 5.83. The van der Waals surface area contributed by atoms with Crippen molar-refractivity contribution in [2.75, 3.05) is 0 Å². The standard InChI is InChI=1S/C11H14N2/c1-8-10(7-11(12)13-8)9-5-3-2-4-6-9/h2-6,8,10H,7H2,1H3,(H2,12,13)/t8-,10+/m0/s1. The van der Waals surface area contributed by atoms with E-state index in [2.05, 4.69) is 36.2 Å². The smallest absolute Gasteiger partial charge is 0.0947 e. The molecule has 0 bridgehead atoms. The molecule has 0 saturated heterocycles. The van der Waals surface area contributed by atoms with Crippen LogP contribution >= 0.6 is 0 Å². The van der Waals surface area contributed by atoms with Crippen LogP contribution in [0.2, 0.25) is 0 Å². The van der Waals surface area contributed by atoms with Crippen molar-refractivity contribution in [3.63, 3.8) is 0 Å². The summed E-state index contributed by atoms with van der Waals surface area (Å²) in [6.07, 6.45) is 0.908. The summed E-state index contributed by atoms with van der Waals surface area (Å²) in [4.78, 5) is 4.34. The minimum absolute atomic E-state index is 0.336. The average Bonchev–Trinajstić information content (AvgIpc) is 2.47. The first kappa shape index (κ1) is 8.30. The van der Waals surface area contributed by atoms with E-state index < -0.39 is 0 Å². The van der Waals surface area contributed by atoms with Crippen LogP contribution in [-0.4, -0.2) is 11.9 Å². The first-order chi connectivity index (χ1) is 6.27. The number of hydrogen-bond donors (Lipinski definition) is 1. The summed E-state index contributed by atoms with van der Waals surface area (Å²) >= 11 is 0. The maximum atomic E-state index is 5.70. The van der Waals surface area contributed by atoms with Gasteiger partial charge in [-0.3, -0.25) is 4.99 Å². The molecule has 2 heteroatoms. The SMILES string of the molecule is C[C@@H]1N=C(N)C[C@H]1c1ccccc1. The Kier molecular flexibility index (Phi) is 2.05.